The van der Waals surface area contributed by atoms with E-state index in [9.17, 15) is 14.9 Å². The van der Waals surface area contributed by atoms with Crippen LogP contribution in [0.2, 0.25) is 0 Å². The van der Waals surface area contributed by atoms with Gasteiger partial charge in [0.15, 0.2) is 0 Å². The molecule has 0 radical (unpaired) electrons. The van der Waals surface area contributed by atoms with Crippen LogP contribution in [0.5, 0.6) is 0 Å². The molecule has 0 bridgehead atoms. The molecule has 0 N–H and O–H groups in total. The first-order valence-electron chi connectivity index (χ1n) is 6.85. The van der Waals surface area contributed by atoms with Crippen molar-refractivity contribution in [2.75, 3.05) is 0 Å². The predicted molar refractivity (Wildman–Crippen MR) is 78.8 cm³/mol. The summed E-state index contributed by atoms with van der Waals surface area (Å²) in [5.74, 6) is -0.787. The molecule has 3 rings (SSSR count). The third-order valence-electron chi connectivity index (χ3n) is 4.19. The molecule has 0 aromatic heterocycles. The molecule has 0 spiro atoms. The van der Waals surface area contributed by atoms with Crippen molar-refractivity contribution in [1.29, 1.82) is 5.26 Å². The van der Waals surface area contributed by atoms with Gasteiger partial charge in [0.05, 0.1) is 6.07 Å². The molecule has 2 aromatic carbocycles. The Morgan fingerprint density at radius 1 is 1.10 bits per heavy atom. The summed E-state index contributed by atoms with van der Waals surface area (Å²) in [5, 5.41) is 11.0. The van der Waals surface area contributed by atoms with Crippen LogP contribution < -0.4 is 0 Å². The first-order valence-corrected chi connectivity index (χ1v) is 6.85. The van der Waals surface area contributed by atoms with Gasteiger partial charge in [0.25, 0.3) is 11.8 Å². The maximum absolute atomic E-state index is 12.7. The van der Waals surface area contributed by atoms with Crippen molar-refractivity contribution in [3.63, 3.8) is 0 Å². The van der Waals surface area contributed by atoms with Crippen molar-refractivity contribution in [2.45, 2.75) is 25.8 Å². The average molecular weight is 278 g/mol. The first kappa shape index (κ1) is 13.3. The number of hydrogen-bond acceptors (Lipinski definition) is 3. The minimum Gasteiger partial charge on any atom is -0.269 e. The molecule has 0 fully saturated rings. The van der Waals surface area contributed by atoms with Crippen LogP contribution in [0, 0.1) is 11.3 Å². The lowest BCUT2D eigenvalue weighted by atomic mass is 9.89. The van der Waals surface area contributed by atoms with Gasteiger partial charge < -0.3 is 0 Å². The highest BCUT2D eigenvalue weighted by atomic mass is 16.2. The molecule has 1 atom stereocenters. The monoisotopic (exact) mass is 278 g/mol. The zero-order chi connectivity index (χ0) is 15.2. The summed E-state index contributed by atoms with van der Waals surface area (Å²) >= 11 is 0. The number of amides is 2. The van der Waals surface area contributed by atoms with Crippen LogP contribution in [-0.4, -0.2) is 22.3 Å². The lowest BCUT2D eigenvalue weighted by Crippen LogP contribution is -2.53. The van der Waals surface area contributed by atoms with E-state index in [0.717, 1.165) is 10.3 Å². The van der Waals surface area contributed by atoms with Gasteiger partial charge in [-0.3, -0.25) is 14.5 Å². The molecule has 0 saturated carbocycles. The fourth-order valence-corrected chi connectivity index (χ4v) is 2.77. The number of hydrogen-bond donors (Lipinski definition) is 0. The number of nitriles is 1. The highest BCUT2D eigenvalue weighted by Crippen LogP contribution is 2.34. The van der Waals surface area contributed by atoms with E-state index in [1.807, 2.05) is 12.1 Å². The smallest absolute Gasteiger partial charge is 0.262 e. The van der Waals surface area contributed by atoms with Gasteiger partial charge in [0.2, 0.25) is 0 Å². The van der Waals surface area contributed by atoms with Gasteiger partial charge in [0.1, 0.15) is 5.54 Å². The SMILES string of the molecule is CCC(C)(C#N)N1C(=O)c2cccc3cccc(c23)C1=O. The van der Waals surface area contributed by atoms with Gasteiger partial charge in [-0.05, 0) is 30.9 Å². The summed E-state index contributed by atoms with van der Waals surface area (Å²) < 4.78 is 0. The number of carbonyl (C=O) groups excluding carboxylic acids is 2. The van der Waals surface area contributed by atoms with Crippen LogP contribution in [0.15, 0.2) is 36.4 Å². The normalized spacial score (nSPS) is 16.7. The summed E-state index contributed by atoms with van der Waals surface area (Å²) in [7, 11) is 0. The number of imide groups is 1. The maximum Gasteiger partial charge on any atom is 0.262 e. The van der Waals surface area contributed by atoms with E-state index in [2.05, 4.69) is 6.07 Å². The summed E-state index contributed by atoms with van der Waals surface area (Å²) in [4.78, 5) is 26.6. The summed E-state index contributed by atoms with van der Waals surface area (Å²) in [6.07, 6.45) is 0.388. The minimum atomic E-state index is -1.14. The molecule has 1 heterocycles. The Morgan fingerprint density at radius 2 is 1.62 bits per heavy atom. The summed E-state index contributed by atoms with van der Waals surface area (Å²) in [6, 6.07) is 12.9. The standard InChI is InChI=1S/C17H14N2O2/c1-3-17(2,10-18)19-15(20)12-8-4-6-11-7-5-9-13(14(11)12)16(19)21/h4-9H,3H2,1-2H3. The Bertz CT molecular complexity index is 768. The van der Waals surface area contributed by atoms with Crippen LogP contribution in [0.1, 0.15) is 41.0 Å². The van der Waals surface area contributed by atoms with E-state index >= 15 is 0 Å². The number of carbonyl (C=O) groups is 2. The molecular weight excluding hydrogens is 264 g/mol. The van der Waals surface area contributed by atoms with Gasteiger partial charge in [-0.25, -0.2) is 0 Å². The van der Waals surface area contributed by atoms with Gasteiger partial charge in [0, 0.05) is 16.5 Å². The van der Waals surface area contributed by atoms with Gasteiger partial charge in [-0.2, -0.15) is 5.26 Å². The molecule has 0 aliphatic carbocycles. The van der Waals surface area contributed by atoms with E-state index in [1.165, 1.54) is 0 Å². The molecule has 4 nitrogen and oxygen atoms in total. The van der Waals surface area contributed by atoms with Crippen molar-refractivity contribution in [2.24, 2.45) is 0 Å². The van der Waals surface area contributed by atoms with Crippen molar-refractivity contribution >= 4 is 22.6 Å². The largest absolute Gasteiger partial charge is 0.269 e. The molecular formula is C17H14N2O2. The quantitative estimate of drug-likeness (QED) is 0.793. The Labute approximate surface area is 122 Å². The van der Waals surface area contributed by atoms with E-state index < -0.39 is 17.4 Å². The summed E-state index contributed by atoms with van der Waals surface area (Å²) in [5.41, 5.74) is -0.167. The molecule has 2 aromatic rings. The number of benzene rings is 2. The second kappa shape index (κ2) is 4.42. The molecule has 21 heavy (non-hydrogen) atoms. The minimum absolute atomic E-state index is 0.388. The number of nitrogens with zero attached hydrogens (tertiary/aromatic N) is 2. The molecule has 1 aliphatic rings. The van der Waals surface area contributed by atoms with Crippen LogP contribution in [0.25, 0.3) is 10.8 Å². The highest BCUT2D eigenvalue weighted by molar-refractivity contribution is 6.25. The maximum atomic E-state index is 12.7. The van der Waals surface area contributed by atoms with Crippen molar-refractivity contribution in [3.05, 3.63) is 47.5 Å². The molecule has 104 valence electrons. The Hall–Kier alpha value is -2.67. The third-order valence-corrected chi connectivity index (χ3v) is 4.19. The Balaban J connectivity index is 2.33. The van der Waals surface area contributed by atoms with Crippen LogP contribution in [0.3, 0.4) is 0 Å². The third kappa shape index (κ3) is 1.67. The predicted octanol–water partition coefficient (Wildman–Crippen LogP) is 3.13. The second-order valence-corrected chi connectivity index (χ2v) is 5.39. The zero-order valence-electron chi connectivity index (χ0n) is 11.9. The lowest BCUT2D eigenvalue weighted by Gasteiger charge is -2.36. The average Bonchev–Trinajstić information content (AvgIpc) is 2.52. The first-order chi connectivity index (χ1) is 10.0. The van der Waals surface area contributed by atoms with Gasteiger partial charge >= 0.3 is 0 Å². The Kier molecular flexibility index (Phi) is 2.80. The Morgan fingerprint density at radius 3 is 2.05 bits per heavy atom. The molecule has 4 heteroatoms. The van der Waals surface area contributed by atoms with Crippen LogP contribution in [0.4, 0.5) is 0 Å². The highest BCUT2D eigenvalue weighted by Gasteiger charge is 2.43. The topological polar surface area (TPSA) is 61.2 Å². The van der Waals surface area contributed by atoms with Crippen molar-refractivity contribution < 1.29 is 9.59 Å². The van der Waals surface area contributed by atoms with Gasteiger partial charge in [-0.1, -0.05) is 31.2 Å². The van der Waals surface area contributed by atoms with E-state index in [4.69, 9.17) is 0 Å². The van der Waals surface area contributed by atoms with E-state index in [1.54, 1.807) is 38.1 Å². The van der Waals surface area contributed by atoms with E-state index in [-0.39, 0.29) is 0 Å². The van der Waals surface area contributed by atoms with Crippen molar-refractivity contribution in [3.8, 4) is 6.07 Å². The fourth-order valence-electron chi connectivity index (χ4n) is 2.77. The molecule has 1 unspecified atom stereocenters. The molecule has 0 saturated heterocycles. The van der Waals surface area contributed by atoms with Gasteiger partial charge in [-0.15, -0.1) is 0 Å². The molecule has 2 amide bonds. The fraction of sp³-hybridized carbons (Fsp3) is 0.235. The van der Waals surface area contributed by atoms with E-state index in [0.29, 0.717) is 22.9 Å². The zero-order valence-corrected chi connectivity index (χ0v) is 11.9. The lowest BCUT2D eigenvalue weighted by molar-refractivity contribution is 0.0477. The van der Waals surface area contributed by atoms with Crippen molar-refractivity contribution in [1.82, 2.24) is 4.90 Å². The van der Waals surface area contributed by atoms with Crippen LogP contribution in [-0.2, 0) is 0 Å². The number of rotatable bonds is 2. The summed E-state index contributed by atoms with van der Waals surface area (Å²) in [6.45, 7) is 3.42. The van der Waals surface area contributed by atoms with Crippen LogP contribution >= 0.6 is 0 Å². The second-order valence-electron chi connectivity index (χ2n) is 5.39. The molecule has 1 aliphatic heterocycles.